The van der Waals surface area contributed by atoms with Crippen LogP contribution in [-0.4, -0.2) is 42.7 Å². The quantitative estimate of drug-likeness (QED) is 0.423. The second kappa shape index (κ2) is 10.5. The van der Waals surface area contributed by atoms with Crippen molar-refractivity contribution in [2.24, 2.45) is 0 Å². The van der Waals surface area contributed by atoms with E-state index in [2.05, 4.69) is 0 Å². The Morgan fingerprint density at radius 1 is 0.531 bits per heavy atom. The summed E-state index contributed by atoms with van der Waals surface area (Å²) in [5.41, 5.74) is 3.54. The zero-order valence-electron chi connectivity index (χ0n) is 19.2. The third kappa shape index (κ3) is 4.91. The van der Waals surface area contributed by atoms with Crippen LogP contribution in [0.2, 0.25) is 0 Å². The summed E-state index contributed by atoms with van der Waals surface area (Å²) in [7, 11) is 9.77. The maximum atomic E-state index is 5.70. The van der Waals surface area contributed by atoms with Crippen molar-refractivity contribution in [2.45, 2.75) is 0 Å². The highest BCUT2D eigenvalue weighted by Crippen LogP contribution is 2.39. The molecule has 3 rings (SSSR count). The van der Waals surface area contributed by atoms with Gasteiger partial charge in [0.2, 0.25) is 0 Å². The molecule has 0 N–H and O–H groups in total. The number of hydrogen-bond acceptors (Lipinski definition) is 6. The molecule has 0 fully saturated rings. The summed E-state index contributed by atoms with van der Waals surface area (Å²) in [4.78, 5) is 0. The van der Waals surface area contributed by atoms with Gasteiger partial charge in [-0.15, -0.1) is 0 Å². The van der Waals surface area contributed by atoms with Crippen LogP contribution < -0.4 is 28.4 Å². The van der Waals surface area contributed by atoms with Crippen LogP contribution in [0, 0.1) is 0 Å². The van der Waals surface area contributed by atoms with Crippen molar-refractivity contribution in [3.63, 3.8) is 0 Å². The fraction of sp³-hybridized carbons (Fsp3) is 0.231. The molecule has 6 nitrogen and oxygen atoms in total. The first-order valence-corrected chi connectivity index (χ1v) is 9.96. The van der Waals surface area contributed by atoms with Crippen LogP contribution >= 0.6 is 0 Å². The van der Waals surface area contributed by atoms with E-state index >= 15 is 0 Å². The first kappa shape index (κ1) is 22.9. The average molecular weight is 437 g/mol. The van der Waals surface area contributed by atoms with E-state index in [9.17, 15) is 0 Å². The Hall–Kier alpha value is -3.80. The summed E-state index contributed by atoms with van der Waals surface area (Å²) < 4.78 is 33.0. The summed E-state index contributed by atoms with van der Waals surface area (Å²) in [6.07, 6.45) is 2.04. The summed E-state index contributed by atoms with van der Waals surface area (Å²) >= 11 is 0. The van der Waals surface area contributed by atoms with Gasteiger partial charge in [-0.05, 0) is 53.6 Å². The number of hydrogen-bond donors (Lipinski definition) is 0. The molecule has 3 aromatic carbocycles. The van der Waals surface area contributed by atoms with E-state index in [-0.39, 0.29) is 0 Å². The SMILES string of the molecule is COc1cc(OC)cc(/C(=C\c2ccc(OC)cc2OC)c2ccc(OC)cc2OC)c1. The highest BCUT2D eigenvalue weighted by Gasteiger charge is 2.16. The molecule has 0 aromatic heterocycles. The van der Waals surface area contributed by atoms with Crippen molar-refractivity contribution in [3.05, 3.63) is 71.3 Å². The van der Waals surface area contributed by atoms with Crippen molar-refractivity contribution in [1.82, 2.24) is 0 Å². The van der Waals surface area contributed by atoms with Gasteiger partial charge in [0.05, 0.1) is 42.7 Å². The van der Waals surface area contributed by atoms with Crippen LogP contribution in [-0.2, 0) is 0 Å². The lowest BCUT2D eigenvalue weighted by molar-refractivity contribution is 0.392. The van der Waals surface area contributed by atoms with Crippen LogP contribution in [0.1, 0.15) is 16.7 Å². The molecule has 0 aliphatic rings. The molecule has 0 radical (unpaired) electrons. The summed E-state index contributed by atoms with van der Waals surface area (Å²) in [6.45, 7) is 0. The van der Waals surface area contributed by atoms with Gasteiger partial charge in [-0.3, -0.25) is 0 Å². The monoisotopic (exact) mass is 436 g/mol. The van der Waals surface area contributed by atoms with Gasteiger partial charge < -0.3 is 28.4 Å². The minimum absolute atomic E-state index is 0.671. The summed E-state index contributed by atoms with van der Waals surface area (Å²) in [6, 6.07) is 17.1. The van der Waals surface area contributed by atoms with E-state index in [1.165, 1.54) is 0 Å². The maximum absolute atomic E-state index is 5.70. The molecule has 168 valence electrons. The highest BCUT2D eigenvalue weighted by molar-refractivity contribution is 5.95. The zero-order chi connectivity index (χ0) is 23.1. The number of ether oxygens (including phenoxy) is 6. The second-order valence-corrected chi connectivity index (χ2v) is 6.83. The van der Waals surface area contributed by atoms with Gasteiger partial charge in [0.25, 0.3) is 0 Å². The van der Waals surface area contributed by atoms with E-state index in [0.717, 1.165) is 22.3 Å². The van der Waals surface area contributed by atoms with Crippen molar-refractivity contribution < 1.29 is 28.4 Å². The van der Waals surface area contributed by atoms with Crippen molar-refractivity contribution in [3.8, 4) is 34.5 Å². The predicted octanol–water partition coefficient (Wildman–Crippen LogP) is 5.33. The fourth-order valence-corrected chi connectivity index (χ4v) is 3.39. The van der Waals surface area contributed by atoms with Gasteiger partial charge in [-0.1, -0.05) is 0 Å². The Kier molecular flexibility index (Phi) is 7.49. The standard InChI is InChI=1S/C26H28O6/c1-27-19-8-7-17(25(15-19)31-5)13-24(18-11-21(29-3)14-22(12-18)30-4)23-10-9-20(28-2)16-26(23)32-6/h7-16H,1-6H3/b24-13+. The highest BCUT2D eigenvalue weighted by atomic mass is 16.5. The molecule has 0 bridgehead atoms. The zero-order valence-corrected chi connectivity index (χ0v) is 19.2. The first-order valence-electron chi connectivity index (χ1n) is 9.96. The van der Waals surface area contributed by atoms with Gasteiger partial charge in [0.15, 0.2) is 0 Å². The van der Waals surface area contributed by atoms with E-state index in [4.69, 9.17) is 28.4 Å². The van der Waals surface area contributed by atoms with Gasteiger partial charge in [0.1, 0.15) is 34.5 Å². The van der Waals surface area contributed by atoms with E-state index < -0.39 is 0 Å². The van der Waals surface area contributed by atoms with Crippen LogP contribution in [0.15, 0.2) is 54.6 Å². The molecule has 0 spiro atoms. The molecule has 0 saturated carbocycles. The lowest BCUT2D eigenvalue weighted by atomic mass is 9.94. The van der Waals surface area contributed by atoms with Crippen LogP contribution in [0.3, 0.4) is 0 Å². The van der Waals surface area contributed by atoms with Crippen LogP contribution in [0.5, 0.6) is 34.5 Å². The van der Waals surface area contributed by atoms with Gasteiger partial charge in [-0.2, -0.15) is 0 Å². The fourth-order valence-electron chi connectivity index (χ4n) is 3.39. The minimum Gasteiger partial charge on any atom is -0.497 e. The Balaban J connectivity index is 2.30. The Morgan fingerprint density at radius 3 is 1.59 bits per heavy atom. The Labute approximate surface area is 188 Å². The number of methoxy groups -OCH3 is 6. The van der Waals surface area contributed by atoms with Gasteiger partial charge in [0, 0.05) is 29.3 Å². The molecule has 0 heterocycles. The molecule has 0 saturated heterocycles. The smallest absolute Gasteiger partial charge is 0.130 e. The van der Waals surface area contributed by atoms with Crippen molar-refractivity contribution >= 4 is 11.6 Å². The average Bonchev–Trinajstić information content (AvgIpc) is 2.86. The van der Waals surface area contributed by atoms with Gasteiger partial charge in [-0.25, -0.2) is 0 Å². The number of rotatable bonds is 9. The number of benzene rings is 3. The third-order valence-electron chi connectivity index (χ3n) is 5.10. The molecule has 0 atom stereocenters. The van der Waals surface area contributed by atoms with E-state index in [1.54, 1.807) is 42.7 Å². The topological polar surface area (TPSA) is 55.4 Å². The Bertz CT molecular complexity index is 1080. The first-order chi connectivity index (χ1) is 15.6. The lowest BCUT2D eigenvalue weighted by Crippen LogP contribution is -1.97. The molecule has 3 aromatic rings. The largest absolute Gasteiger partial charge is 0.497 e. The normalized spacial score (nSPS) is 11.0. The molecular weight excluding hydrogens is 408 g/mol. The Morgan fingerprint density at radius 2 is 1.06 bits per heavy atom. The van der Waals surface area contributed by atoms with Crippen LogP contribution in [0.4, 0.5) is 0 Å². The minimum atomic E-state index is 0.671. The van der Waals surface area contributed by atoms with Gasteiger partial charge >= 0.3 is 0 Å². The molecule has 0 aliphatic heterocycles. The molecule has 6 heteroatoms. The molecule has 0 unspecified atom stereocenters. The van der Waals surface area contributed by atoms with E-state index in [1.807, 2.05) is 60.7 Å². The maximum Gasteiger partial charge on any atom is 0.130 e. The third-order valence-corrected chi connectivity index (χ3v) is 5.10. The molecule has 0 amide bonds. The lowest BCUT2D eigenvalue weighted by Gasteiger charge is -2.17. The second-order valence-electron chi connectivity index (χ2n) is 6.83. The van der Waals surface area contributed by atoms with Crippen molar-refractivity contribution in [1.29, 1.82) is 0 Å². The predicted molar refractivity (Wildman–Crippen MR) is 126 cm³/mol. The molecule has 32 heavy (non-hydrogen) atoms. The summed E-state index contributed by atoms with van der Waals surface area (Å²) in [5.74, 6) is 4.13. The van der Waals surface area contributed by atoms with Crippen LogP contribution in [0.25, 0.3) is 11.6 Å². The molecule has 0 aliphatic carbocycles. The van der Waals surface area contributed by atoms with E-state index in [0.29, 0.717) is 34.5 Å². The van der Waals surface area contributed by atoms with Crippen molar-refractivity contribution in [2.75, 3.05) is 42.7 Å². The summed E-state index contributed by atoms with van der Waals surface area (Å²) in [5, 5.41) is 0. The molecular formula is C26H28O6.